The molecule has 0 aromatic rings. The fourth-order valence-electron chi connectivity index (χ4n) is 1.10. The Kier molecular flexibility index (Phi) is 24.4. The van der Waals surface area contributed by atoms with Gasteiger partial charge in [0.2, 0.25) is 0 Å². The second-order valence-corrected chi connectivity index (χ2v) is 4.56. The Morgan fingerprint density at radius 1 is 1.12 bits per heavy atom. The summed E-state index contributed by atoms with van der Waals surface area (Å²) < 4.78 is 0. The van der Waals surface area contributed by atoms with Crippen molar-refractivity contribution in [2.45, 2.75) is 32.6 Å². The summed E-state index contributed by atoms with van der Waals surface area (Å²) in [4.78, 5) is 10.6. The molecule has 6 heteroatoms. The highest BCUT2D eigenvalue weighted by Crippen LogP contribution is 2.06. The lowest BCUT2D eigenvalue weighted by Gasteiger charge is -2.02. The van der Waals surface area contributed by atoms with Crippen molar-refractivity contribution >= 4 is 41.7 Å². The molecule has 0 radical (unpaired) electrons. The van der Waals surface area contributed by atoms with Crippen molar-refractivity contribution in [2.24, 2.45) is 5.73 Å². The van der Waals surface area contributed by atoms with Crippen LogP contribution in [0.3, 0.4) is 0 Å². The summed E-state index contributed by atoms with van der Waals surface area (Å²) in [5.41, 5.74) is 5.36. The number of carbonyl (C=O) groups excluding carboxylic acids is 1. The normalized spacial score (nSPS) is 9.12. The van der Waals surface area contributed by atoms with Crippen molar-refractivity contribution < 1.29 is 4.79 Å². The van der Waals surface area contributed by atoms with Crippen LogP contribution in [0.1, 0.15) is 32.6 Å². The first-order valence-corrected chi connectivity index (χ1v) is 6.30. The largest absolute Gasteiger partial charge is 0.330 e. The minimum absolute atomic E-state index is 0. The smallest absolute Gasteiger partial charge is 0.185 e. The van der Waals surface area contributed by atoms with Crippen LogP contribution in [0, 0.1) is 0 Å². The second kappa shape index (κ2) is 17.9. The molecule has 0 saturated carbocycles. The molecule has 0 aromatic heterocycles. The molecular formula is C10H24Cl2N2OS. The Morgan fingerprint density at radius 2 is 1.75 bits per heavy atom. The molecule has 100 valence electrons. The Bertz CT molecular complexity index is 151. The maximum atomic E-state index is 10.6. The van der Waals surface area contributed by atoms with Crippen LogP contribution >= 0.6 is 36.6 Å². The standard InChI is InChI=1S/C10H22N2OS.2ClH/c1-10(13)14-9-4-2-3-7-12-8-5-6-11;;/h12H,2-9,11H2,1H3;2*1H. The van der Waals surface area contributed by atoms with E-state index in [4.69, 9.17) is 5.73 Å². The number of thioether (sulfide) groups is 1. The van der Waals surface area contributed by atoms with E-state index in [2.05, 4.69) is 5.32 Å². The molecule has 0 bridgehead atoms. The van der Waals surface area contributed by atoms with Gasteiger partial charge in [-0.25, -0.2) is 0 Å². The number of rotatable bonds is 9. The molecule has 0 rings (SSSR count). The summed E-state index contributed by atoms with van der Waals surface area (Å²) in [6.07, 6.45) is 4.60. The van der Waals surface area contributed by atoms with E-state index in [0.29, 0.717) is 0 Å². The van der Waals surface area contributed by atoms with Gasteiger partial charge in [-0.15, -0.1) is 24.8 Å². The van der Waals surface area contributed by atoms with Crippen LogP contribution in [0.4, 0.5) is 0 Å². The van der Waals surface area contributed by atoms with E-state index in [-0.39, 0.29) is 29.9 Å². The summed E-state index contributed by atoms with van der Waals surface area (Å²) in [7, 11) is 0. The zero-order valence-electron chi connectivity index (χ0n) is 9.87. The third-order valence-corrected chi connectivity index (χ3v) is 2.76. The van der Waals surface area contributed by atoms with E-state index in [1.807, 2.05) is 0 Å². The van der Waals surface area contributed by atoms with Crippen molar-refractivity contribution in [3.63, 3.8) is 0 Å². The summed E-state index contributed by atoms with van der Waals surface area (Å²) in [5, 5.41) is 3.56. The number of unbranched alkanes of at least 4 members (excludes halogenated alkanes) is 2. The maximum absolute atomic E-state index is 10.6. The Labute approximate surface area is 116 Å². The summed E-state index contributed by atoms with van der Waals surface area (Å²) in [6.45, 7) is 4.49. The van der Waals surface area contributed by atoms with Gasteiger partial charge in [-0.05, 0) is 38.9 Å². The molecule has 3 N–H and O–H groups in total. The molecule has 0 unspecified atom stereocenters. The molecule has 0 heterocycles. The molecule has 0 amide bonds. The fraction of sp³-hybridized carbons (Fsp3) is 0.900. The van der Waals surface area contributed by atoms with Gasteiger partial charge in [0.25, 0.3) is 0 Å². The topological polar surface area (TPSA) is 55.1 Å². The van der Waals surface area contributed by atoms with Crippen LogP contribution < -0.4 is 11.1 Å². The van der Waals surface area contributed by atoms with E-state index < -0.39 is 0 Å². The van der Waals surface area contributed by atoms with E-state index in [1.165, 1.54) is 24.6 Å². The minimum Gasteiger partial charge on any atom is -0.330 e. The average Bonchev–Trinajstić information content (AvgIpc) is 2.15. The molecule has 3 nitrogen and oxygen atoms in total. The first-order valence-electron chi connectivity index (χ1n) is 5.31. The molecule has 0 aromatic carbocycles. The predicted molar refractivity (Wildman–Crippen MR) is 78.0 cm³/mol. The molecule has 0 aliphatic rings. The first kappa shape index (κ1) is 21.8. The highest BCUT2D eigenvalue weighted by Gasteiger charge is 1.94. The maximum Gasteiger partial charge on any atom is 0.185 e. The van der Waals surface area contributed by atoms with Crippen LogP contribution in [0.15, 0.2) is 0 Å². The van der Waals surface area contributed by atoms with Gasteiger partial charge >= 0.3 is 0 Å². The molecule has 0 saturated heterocycles. The van der Waals surface area contributed by atoms with Crippen molar-refractivity contribution in [2.75, 3.05) is 25.4 Å². The molecule has 0 atom stereocenters. The highest BCUT2D eigenvalue weighted by molar-refractivity contribution is 8.13. The van der Waals surface area contributed by atoms with Gasteiger partial charge in [0.05, 0.1) is 0 Å². The van der Waals surface area contributed by atoms with Gasteiger partial charge in [-0.2, -0.15) is 0 Å². The lowest BCUT2D eigenvalue weighted by Crippen LogP contribution is -2.19. The Hall–Kier alpha value is 0.520. The number of halogens is 2. The lowest BCUT2D eigenvalue weighted by molar-refractivity contribution is -0.109. The fourth-order valence-corrected chi connectivity index (χ4v) is 1.73. The van der Waals surface area contributed by atoms with Crippen molar-refractivity contribution in [3.8, 4) is 0 Å². The predicted octanol–water partition coefficient (Wildman–Crippen LogP) is 2.22. The van der Waals surface area contributed by atoms with Crippen molar-refractivity contribution in [1.29, 1.82) is 0 Å². The lowest BCUT2D eigenvalue weighted by atomic mass is 10.2. The number of hydrogen-bond donors (Lipinski definition) is 2. The van der Waals surface area contributed by atoms with E-state index in [1.54, 1.807) is 6.92 Å². The molecule has 0 aliphatic carbocycles. The molecule has 0 aliphatic heterocycles. The number of carbonyl (C=O) groups is 1. The second-order valence-electron chi connectivity index (χ2n) is 3.29. The minimum atomic E-state index is 0. The van der Waals surface area contributed by atoms with Gasteiger partial charge in [0.1, 0.15) is 0 Å². The quantitative estimate of drug-likeness (QED) is 0.640. The number of nitrogens with two attached hydrogens (primary N) is 1. The monoisotopic (exact) mass is 290 g/mol. The molecular weight excluding hydrogens is 267 g/mol. The summed E-state index contributed by atoms with van der Waals surface area (Å²) in [6, 6.07) is 0. The van der Waals surface area contributed by atoms with Crippen LogP contribution in [0.2, 0.25) is 0 Å². The third kappa shape index (κ3) is 20.0. The zero-order chi connectivity index (χ0) is 10.6. The zero-order valence-corrected chi connectivity index (χ0v) is 12.3. The van der Waals surface area contributed by atoms with Gasteiger partial charge in [0.15, 0.2) is 5.12 Å². The van der Waals surface area contributed by atoms with E-state index in [9.17, 15) is 4.79 Å². The Balaban J connectivity index is -0.000000845. The molecule has 0 fully saturated rings. The third-order valence-electron chi connectivity index (χ3n) is 1.86. The van der Waals surface area contributed by atoms with Gasteiger partial charge in [-0.3, -0.25) is 4.79 Å². The van der Waals surface area contributed by atoms with Gasteiger partial charge in [0, 0.05) is 12.7 Å². The van der Waals surface area contributed by atoms with E-state index >= 15 is 0 Å². The van der Waals surface area contributed by atoms with Crippen LogP contribution in [-0.2, 0) is 4.79 Å². The van der Waals surface area contributed by atoms with Crippen molar-refractivity contribution in [3.05, 3.63) is 0 Å². The highest BCUT2D eigenvalue weighted by atomic mass is 35.5. The van der Waals surface area contributed by atoms with Gasteiger partial charge in [-0.1, -0.05) is 18.2 Å². The first-order chi connectivity index (χ1) is 6.77. The number of nitrogens with one attached hydrogen (secondary N) is 1. The number of hydrogen-bond acceptors (Lipinski definition) is 4. The van der Waals surface area contributed by atoms with Gasteiger partial charge < -0.3 is 11.1 Å². The van der Waals surface area contributed by atoms with E-state index in [0.717, 1.165) is 38.2 Å². The van der Waals surface area contributed by atoms with Crippen LogP contribution in [0.25, 0.3) is 0 Å². The Morgan fingerprint density at radius 3 is 2.31 bits per heavy atom. The molecule has 0 spiro atoms. The van der Waals surface area contributed by atoms with Crippen LogP contribution in [0.5, 0.6) is 0 Å². The molecule has 16 heavy (non-hydrogen) atoms. The summed E-state index contributed by atoms with van der Waals surface area (Å²) >= 11 is 1.43. The summed E-state index contributed by atoms with van der Waals surface area (Å²) in [5.74, 6) is 0.970. The van der Waals surface area contributed by atoms with Crippen LogP contribution in [-0.4, -0.2) is 30.5 Å². The van der Waals surface area contributed by atoms with Crippen molar-refractivity contribution in [1.82, 2.24) is 5.32 Å². The average molecular weight is 291 g/mol. The SMILES string of the molecule is CC(=O)SCCCCCNCCCN.Cl.Cl.